The van der Waals surface area contributed by atoms with Gasteiger partial charge in [0.15, 0.2) is 0 Å². The summed E-state index contributed by atoms with van der Waals surface area (Å²) in [6.07, 6.45) is 0. The maximum absolute atomic E-state index is 11.7. The van der Waals surface area contributed by atoms with Crippen molar-refractivity contribution in [2.45, 2.75) is 25.3 Å². The molecule has 0 bridgehead atoms. The van der Waals surface area contributed by atoms with Crippen molar-refractivity contribution in [3.8, 4) is 0 Å². The lowest BCUT2D eigenvalue weighted by molar-refractivity contribution is -0.124. The van der Waals surface area contributed by atoms with Crippen LogP contribution >= 0.6 is 0 Å². The number of benzene rings is 1. The number of carbonyl (C=O) groups is 1. The molecule has 0 saturated carbocycles. The molecular weight excluding hydrogens is 278 g/mol. The predicted molar refractivity (Wildman–Crippen MR) is 77.4 cm³/mol. The molecule has 1 unspecified atom stereocenters. The summed E-state index contributed by atoms with van der Waals surface area (Å²) in [5, 5.41) is 2.75. The molecule has 1 aromatic rings. The van der Waals surface area contributed by atoms with Crippen molar-refractivity contribution in [2.24, 2.45) is 11.7 Å². The summed E-state index contributed by atoms with van der Waals surface area (Å²) in [6, 6.07) is 6.40. The Kier molecular flexibility index (Phi) is 6.12. The first kappa shape index (κ1) is 16.6. The molecule has 0 spiro atoms. The maximum Gasteiger partial charge on any atom is 0.240 e. The van der Waals surface area contributed by atoms with Crippen molar-refractivity contribution in [1.29, 1.82) is 0 Å². The van der Waals surface area contributed by atoms with E-state index in [9.17, 15) is 13.2 Å². The van der Waals surface area contributed by atoms with E-state index in [0.29, 0.717) is 19.6 Å². The first-order chi connectivity index (χ1) is 9.40. The van der Waals surface area contributed by atoms with Crippen molar-refractivity contribution < 1.29 is 13.2 Å². The number of nitrogens with two attached hydrogens (primary N) is 1. The zero-order valence-corrected chi connectivity index (χ0v) is 12.5. The number of nitrogens with one attached hydrogen (secondary N) is 2. The van der Waals surface area contributed by atoms with Crippen LogP contribution in [-0.4, -0.2) is 27.4 Å². The number of sulfonamides is 1. The van der Waals surface area contributed by atoms with Crippen LogP contribution < -0.4 is 15.8 Å². The third-order valence-electron chi connectivity index (χ3n) is 2.84. The molecule has 20 heavy (non-hydrogen) atoms. The lowest BCUT2D eigenvalue weighted by Crippen LogP contribution is -2.32. The van der Waals surface area contributed by atoms with Gasteiger partial charge in [-0.1, -0.05) is 26.0 Å². The molecular formula is C13H21N3O3S. The van der Waals surface area contributed by atoms with E-state index in [1.807, 2.05) is 0 Å². The number of rotatable bonds is 7. The molecule has 6 nitrogen and oxygen atoms in total. The Labute approximate surface area is 119 Å². The Morgan fingerprint density at radius 1 is 1.30 bits per heavy atom. The minimum absolute atomic E-state index is 0.114. The molecule has 112 valence electrons. The highest BCUT2D eigenvalue weighted by Gasteiger charge is 2.13. The normalized spacial score (nSPS) is 12.9. The monoisotopic (exact) mass is 299 g/mol. The molecule has 0 aliphatic rings. The van der Waals surface area contributed by atoms with Crippen LogP contribution in [0.2, 0.25) is 0 Å². The van der Waals surface area contributed by atoms with E-state index in [4.69, 9.17) is 5.73 Å². The van der Waals surface area contributed by atoms with Crippen LogP contribution in [0, 0.1) is 5.92 Å². The minimum atomic E-state index is -3.43. The van der Waals surface area contributed by atoms with Gasteiger partial charge in [0.2, 0.25) is 15.9 Å². The van der Waals surface area contributed by atoms with Gasteiger partial charge in [-0.2, -0.15) is 0 Å². The summed E-state index contributed by atoms with van der Waals surface area (Å²) in [4.78, 5) is 11.8. The number of carbonyl (C=O) groups excluding carboxylic acids is 1. The summed E-state index contributed by atoms with van der Waals surface area (Å²) in [6.45, 7) is 4.47. The van der Waals surface area contributed by atoms with E-state index in [1.54, 1.807) is 26.0 Å². The first-order valence-electron chi connectivity index (χ1n) is 6.47. The van der Waals surface area contributed by atoms with Crippen LogP contribution in [-0.2, 0) is 21.4 Å². The highest BCUT2D eigenvalue weighted by Crippen LogP contribution is 2.10. The van der Waals surface area contributed by atoms with Crippen molar-refractivity contribution in [3.63, 3.8) is 0 Å². The van der Waals surface area contributed by atoms with Gasteiger partial charge in [0.1, 0.15) is 0 Å². The summed E-state index contributed by atoms with van der Waals surface area (Å²) in [5.74, 6) is -0.347. The first-order valence-corrected chi connectivity index (χ1v) is 7.95. The molecule has 0 radical (unpaired) electrons. The molecule has 7 heteroatoms. The summed E-state index contributed by atoms with van der Waals surface area (Å²) >= 11 is 0. The third kappa shape index (κ3) is 4.59. The van der Waals surface area contributed by atoms with Crippen molar-refractivity contribution in [3.05, 3.63) is 29.8 Å². The van der Waals surface area contributed by atoms with Gasteiger partial charge in [0.05, 0.1) is 4.90 Å². The standard InChI is InChI=1S/C13H21N3O3S/c1-3-16-20(18,19)12-6-4-11(5-7-12)9-15-13(17)10(2)8-14/h4-7,10,16H,3,8-9,14H2,1-2H3,(H,15,17). The number of hydrogen-bond acceptors (Lipinski definition) is 4. The van der Waals surface area contributed by atoms with E-state index < -0.39 is 10.0 Å². The molecule has 4 N–H and O–H groups in total. The molecule has 0 fully saturated rings. The van der Waals surface area contributed by atoms with Crippen LogP contribution in [0.15, 0.2) is 29.2 Å². The molecule has 0 saturated heterocycles. The Morgan fingerprint density at radius 2 is 1.90 bits per heavy atom. The Morgan fingerprint density at radius 3 is 2.40 bits per heavy atom. The smallest absolute Gasteiger partial charge is 0.240 e. The second-order valence-corrected chi connectivity index (χ2v) is 6.27. The fourth-order valence-corrected chi connectivity index (χ4v) is 2.57. The maximum atomic E-state index is 11.7. The van der Waals surface area contributed by atoms with Gasteiger partial charge < -0.3 is 11.1 Å². The quantitative estimate of drug-likeness (QED) is 0.669. The van der Waals surface area contributed by atoms with Crippen LogP contribution in [0.4, 0.5) is 0 Å². The van der Waals surface area contributed by atoms with E-state index in [1.165, 1.54) is 12.1 Å². The van der Waals surface area contributed by atoms with Gasteiger partial charge in [0.25, 0.3) is 0 Å². The number of amides is 1. The van der Waals surface area contributed by atoms with Gasteiger partial charge in [-0.3, -0.25) is 4.79 Å². The molecule has 0 aliphatic heterocycles. The molecule has 1 aromatic carbocycles. The average Bonchev–Trinajstić information content (AvgIpc) is 2.44. The number of hydrogen-bond donors (Lipinski definition) is 3. The molecule has 1 rings (SSSR count). The third-order valence-corrected chi connectivity index (χ3v) is 4.40. The highest BCUT2D eigenvalue weighted by molar-refractivity contribution is 7.89. The van der Waals surface area contributed by atoms with Crippen LogP contribution in [0.25, 0.3) is 0 Å². The highest BCUT2D eigenvalue weighted by atomic mass is 32.2. The average molecular weight is 299 g/mol. The molecule has 1 atom stereocenters. The lowest BCUT2D eigenvalue weighted by Gasteiger charge is -2.10. The van der Waals surface area contributed by atoms with Gasteiger partial charge in [-0.05, 0) is 17.7 Å². The zero-order valence-electron chi connectivity index (χ0n) is 11.7. The molecule has 0 aliphatic carbocycles. The molecule has 0 aromatic heterocycles. The van der Waals surface area contributed by atoms with Gasteiger partial charge in [-0.25, -0.2) is 13.1 Å². The van der Waals surface area contributed by atoms with Crippen molar-refractivity contribution >= 4 is 15.9 Å². The summed E-state index contributed by atoms with van der Waals surface area (Å²) in [5.41, 5.74) is 6.24. The predicted octanol–water partition coefficient (Wildman–Crippen LogP) is 0.196. The minimum Gasteiger partial charge on any atom is -0.352 e. The van der Waals surface area contributed by atoms with E-state index >= 15 is 0 Å². The van der Waals surface area contributed by atoms with E-state index in [0.717, 1.165) is 5.56 Å². The van der Waals surface area contributed by atoms with E-state index in [2.05, 4.69) is 10.0 Å². The van der Waals surface area contributed by atoms with Gasteiger partial charge >= 0.3 is 0 Å². The zero-order chi connectivity index (χ0) is 15.2. The van der Waals surface area contributed by atoms with Crippen molar-refractivity contribution in [2.75, 3.05) is 13.1 Å². The molecule has 0 heterocycles. The summed E-state index contributed by atoms with van der Waals surface area (Å²) < 4.78 is 25.9. The fourth-order valence-electron chi connectivity index (χ4n) is 1.53. The SMILES string of the molecule is CCNS(=O)(=O)c1ccc(CNC(=O)C(C)CN)cc1. The van der Waals surface area contributed by atoms with Crippen molar-refractivity contribution in [1.82, 2.24) is 10.0 Å². The van der Waals surface area contributed by atoms with Crippen LogP contribution in [0.5, 0.6) is 0 Å². The fraction of sp³-hybridized carbons (Fsp3) is 0.462. The second-order valence-electron chi connectivity index (χ2n) is 4.50. The topological polar surface area (TPSA) is 101 Å². The molecule has 1 amide bonds. The van der Waals surface area contributed by atoms with E-state index in [-0.39, 0.29) is 16.7 Å². The van der Waals surface area contributed by atoms with Crippen LogP contribution in [0.3, 0.4) is 0 Å². The largest absolute Gasteiger partial charge is 0.352 e. The van der Waals surface area contributed by atoms with Gasteiger partial charge in [-0.15, -0.1) is 0 Å². The Hall–Kier alpha value is -1.44. The lowest BCUT2D eigenvalue weighted by atomic mass is 10.1. The Balaban J connectivity index is 2.66. The van der Waals surface area contributed by atoms with Crippen LogP contribution in [0.1, 0.15) is 19.4 Å². The summed E-state index contributed by atoms with van der Waals surface area (Å²) in [7, 11) is -3.43. The Bertz CT molecular complexity index is 540. The second kappa shape index (κ2) is 7.37. The van der Waals surface area contributed by atoms with Gasteiger partial charge in [0, 0.05) is 25.6 Å².